The predicted molar refractivity (Wildman–Crippen MR) is 77.3 cm³/mol. The summed E-state index contributed by atoms with van der Waals surface area (Å²) in [5, 5.41) is 6.85. The number of nitrogens with zero attached hydrogens (tertiary/aromatic N) is 2. The van der Waals surface area contributed by atoms with Gasteiger partial charge in [-0.2, -0.15) is 5.10 Å². The molecule has 0 aliphatic carbocycles. The Labute approximate surface area is 119 Å². The second-order valence-corrected chi connectivity index (χ2v) is 7.01. The monoisotopic (exact) mass is 302 g/mol. The van der Waals surface area contributed by atoms with Crippen molar-refractivity contribution in [3.63, 3.8) is 0 Å². The fourth-order valence-corrected chi connectivity index (χ4v) is 2.44. The zero-order chi connectivity index (χ0) is 15.2. The van der Waals surface area contributed by atoms with E-state index >= 15 is 0 Å². The van der Waals surface area contributed by atoms with E-state index in [4.69, 9.17) is 5.73 Å². The first-order valence-electron chi connectivity index (χ1n) is 6.53. The predicted octanol–water partition coefficient (Wildman–Crippen LogP) is -0.295. The quantitative estimate of drug-likeness (QED) is 0.641. The number of carbonyl (C=O) groups is 1. The lowest BCUT2D eigenvalue weighted by Crippen LogP contribution is -2.26. The molecule has 0 unspecified atom stereocenters. The maximum atomic E-state index is 11.9. The maximum absolute atomic E-state index is 11.9. The van der Waals surface area contributed by atoms with E-state index in [2.05, 4.69) is 10.4 Å². The fourth-order valence-electron chi connectivity index (χ4n) is 1.77. The molecule has 1 aromatic rings. The van der Waals surface area contributed by atoms with Crippen molar-refractivity contribution in [1.29, 1.82) is 0 Å². The highest BCUT2D eigenvalue weighted by molar-refractivity contribution is 7.90. The minimum atomic E-state index is -2.98. The lowest BCUT2D eigenvalue weighted by molar-refractivity contribution is 0.0953. The van der Waals surface area contributed by atoms with Gasteiger partial charge in [0.15, 0.2) is 0 Å². The number of hydrogen-bond donors (Lipinski definition) is 2. The van der Waals surface area contributed by atoms with Crippen LogP contribution in [0.25, 0.3) is 0 Å². The van der Waals surface area contributed by atoms with E-state index in [1.54, 1.807) is 4.68 Å². The highest BCUT2D eigenvalue weighted by Crippen LogP contribution is 2.07. The van der Waals surface area contributed by atoms with Crippen LogP contribution in [-0.2, 0) is 16.4 Å². The number of sulfone groups is 1. The average molecular weight is 302 g/mol. The summed E-state index contributed by atoms with van der Waals surface area (Å²) in [6, 6.07) is 0. The Balaban J connectivity index is 2.49. The molecule has 0 radical (unpaired) electrons. The Bertz CT molecular complexity index is 551. The van der Waals surface area contributed by atoms with E-state index in [1.165, 1.54) is 12.5 Å². The third-order valence-electron chi connectivity index (χ3n) is 2.90. The summed E-state index contributed by atoms with van der Waals surface area (Å²) >= 11 is 0. The average Bonchev–Trinajstić information content (AvgIpc) is 2.72. The highest BCUT2D eigenvalue weighted by atomic mass is 32.2. The van der Waals surface area contributed by atoms with Crippen LogP contribution in [0.5, 0.6) is 0 Å². The molecule has 0 saturated heterocycles. The van der Waals surface area contributed by atoms with Crippen LogP contribution in [0.2, 0.25) is 0 Å². The number of aromatic nitrogens is 2. The van der Waals surface area contributed by atoms with Crippen molar-refractivity contribution < 1.29 is 13.2 Å². The maximum Gasteiger partial charge on any atom is 0.254 e. The van der Waals surface area contributed by atoms with Gasteiger partial charge >= 0.3 is 0 Å². The molecule has 1 heterocycles. The van der Waals surface area contributed by atoms with Crippen LogP contribution in [0.3, 0.4) is 0 Å². The van der Waals surface area contributed by atoms with Crippen LogP contribution in [0.1, 0.15) is 28.9 Å². The Hall–Kier alpha value is -1.41. The van der Waals surface area contributed by atoms with E-state index in [9.17, 15) is 13.2 Å². The highest BCUT2D eigenvalue weighted by Gasteiger charge is 2.13. The zero-order valence-electron chi connectivity index (χ0n) is 11.9. The van der Waals surface area contributed by atoms with E-state index in [0.29, 0.717) is 31.6 Å². The van der Waals surface area contributed by atoms with Gasteiger partial charge in [0.05, 0.1) is 17.5 Å². The second kappa shape index (κ2) is 7.39. The van der Waals surface area contributed by atoms with E-state index in [0.717, 1.165) is 12.1 Å². The van der Waals surface area contributed by atoms with Crippen molar-refractivity contribution in [2.75, 3.05) is 25.1 Å². The number of hydrogen-bond acceptors (Lipinski definition) is 5. The van der Waals surface area contributed by atoms with Crippen LogP contribution in [0.4, 0.5) is 0 Å². The largest absolute Gasteiger partial charge is 0.352 e. The molecule has 3 N–H and O–H groups in total. The summed E-state index contributed by atoms with van der Waals surface area (Å²) in [7, 11) is -2.98. The molecule has 0 aliphatic rings. The Morgan fingerprint density at radius 1 is 1.45 bits per heavy atom. The van der Waals surface area contributed by atoms with Gasteiger partial charge in [-0.15, -0.1) is 0 Å². The third-order valence-corrected chi connectivity index (χ3v) is 3.93. The van der Waals surface area contributed by atoms with Crippen LogP contribution in [0.15, 0.2) is 6.20 Å². The standard InChI is InChI=1S/C12H22N4O3S/c1-10-11(9-15-16(10)7-3-5-13)12(17)14-6-4-8-20(2,18)19/h9H,3-8,13H2,1-2H3,(H,14,17). The number of nitrogens with two attached hydrogens (primary N) is 1. The van der Waals surface area contributed by atoms with E-state index < -0.39 is 9.84 Å². The molecule has 7 nitrogen and oxygen atoms in total. The summed E-state index contributed by atoms with van der Waals surface area (Å²) in [5.74, 6) is -0.155. The van der Waals surface area contributed by atoms with Gasteiger partial charge in [0.1, 0.15) is 9.84 Å². The molecular formula is C12H22N4O3S. The van der Waals surface area contributed by atoms with Crippen molar-refractivity contribution in [3.05, 3.63) is 17.5 Å². The number of rotatable bonds is 8. The normalized spacial score (nSPS) is 11.6. The molecule has 114 valence electrons. The molecule has 0 saturated carbocycles. The summed E-state index contributed by atoms with van der Waals surface area (Å²) in [6.45, 7) is 3.42. The minimum Gasteiger partial charge on any atom is -0.352 e. The van der Waals surface area contributed by atoms with Gasteiger partial charge in [-0.1, -0.05) is 0 Å². The number of amides is 1. The minimum absolute atomic E-state index is 0.0715. The number of aryl methyl sites for hydroxylation is 1. The van der Waals surface area contributed by atoms with Crippen LogP contribution < -0.4 is 11.1 Å². The molecule has 0 bridgehead atoms. The van der Waals surface area contributed by atoms with Crippen molar-refractivity contribution in [2.24, 2.45) is 5.73 Å². The lowest BCUT2D eigenvalue weighted by atomic mass is 10.2. The van der Waals surface area contributed by atoms with Crippen molar-refractivity contribution in [3.8, 4) is 0 Å². The van der Waals surface area contributed by atoms with Gasteiger partial charge < -0.3 is 11.1 Å². The van der Waals surface area contributed by atoms with Gasteiger partial charge in [0.2, 0.25) is 0 Å². The first-order valence-corrected chi connectivity index (χ1v) is 8.59. The van der Waals surface area contributed by atoms with Gasteiger partial charge in [0, 0.05) is 25.0 Å². The smallest absolute Gasteiger partial charge is 0.254 e. The molecule has 20 heavy (non-hydrogen) atoms. The molecule has 0 aliphatic heterocycles. The van der Waals surface area contributed by atoms with Crippen LogP contribution >= 0.6 is 0 Å². The molecule has 8 heteroatoms. The summed E-state index contributed by atoms with van der Waals surface area (Å²) in [5.41, 5.74) is 6.75. The first kappa shape index (κ1) is 16.6. The van der Waals surface area contributed by atoms with E-state index in [-0.39, 0.29) is 11.7 Å². The molecular weight excluding hydrogens is 280 g/mol. The fraction of sp³-hybridized carbons (Fsp3) is 0.667. The summed E-state index contributed by atoms with van der Waals surface area (Å²) < 4.78 is 23.7. The Kier molecular flexibility index (Phi) is 6.15. The number of nitrogens with one attached hydrogen (secondary N) is 1. The van der Waals surface area contributed by atoms with Gasteiger partial charge in [-0.25, -0.2) is 8.42 Å². The second-order valence-electron chi connectivity index (χ2n) is 4.75. The molecule has 0 spiro atoms. The molecule has 1 aromatic heterocycles. The Morgan fingerprint density at radius 2 is 2.15 bits per heavy atom. The zero-order valence-corrected chi connectivity index (χ0v) is 12.7. The van der Waals surface area contributed by atoms with Crippen LogP contribution in [-0.4, -0.2) is 49.2 Å². The van der Waals surface area contributed by atoms with Crippen molar-refractivity contribution >= 4 is 15.7 Å². The van der Waals surface area contributed by atoms with Gasteiger partial charge in [0.25, 0.3) is 5.91 Å². The molecule has 1 rings (SSSR count). The van der Waals surface area contributed by atoms with Crippen molar-refractivity contribution in [2.45, 2.75) is 26.3 Å². The SMILES string of the molecule is Cc1c(C(=O)NCCCS(C)(=O)=O)cnn1CCCN. The molecule has 1 amide bonds. The molecule has 0 atom stereocenters. The summed E-state index contributed by atoms with van der Waals surface area (Å²) in [4.78, 5) is 11.9. The lowest BCUT2D eigenvalue weighted by Gasteiger charge is -2.06. The van der Waals surface area contributed by atoms with Gasteiger partial charge in [-0.05, 0) is 26.3 Å². The van der Waals surface area contributed by atoms with Crippen molar-refractivity contribution in [1.82, 2.24) is 15.1 Å². The molecule has 0 aromatic carbocycles. The first-order chi connectivity index (χ1) is 9.35. The number of carbonyl (C=O) groups excluding carboxylic acids is 1. The summed E-state index contributed by atoms with van der Waals surface area (Å²) in [6.07, 6.45) is 3.92. The molecule has 0 fully saturated rings. The van der Waals surface area contributed by atoms with E-state index in [1.807, 2.05) is 6.92 Å². The Morgan fingerprint density at radius 3 is 2.75 bits per heavy atom. The topological polar surface area (TPSA) is 107 Å². The van der Waals surface area contributed by atoms with Crippen LogP contribution in [0, 0.1) is 6.92 Å². The van der Waals surface area contributed by atoms with Gasteiger partial charge in [-0.3, -0.25) is 9.48 Å². The third kappa shape index (κ3) is 5.30.